The molecule has 2 rings (SSSR count). The van der Waals surface area contributed by atoms with Gasteiger partial charge in [-0.2, -0.15) is 0 Å². The average molecular weight is 208 g/mol. The smallest absolute Gasteiger partial charge is 0.137 e. The lowest BCUT2D eigenvalue weighted by atomic mass is 10.4. The Balaban J connectivity index is 1.98. The van der Waals surface area contributed by atoms with E-state index in [0.29, 0.717) is 5.82 Å². The molecule has 0 aromatic carbocycles. The van der Waals surface area contributed by atoms with E-state index in [0.717, 1.165) is 22.9 Å². The molecule has 0 unspecified atom stereocenters. The lowest BCUT2D eigenvalue weighted by Gasteiger charge is -1.97. The van der Waals surface area contributed by atoms with Gasteiger partial charge in [0, 0.05) is 30.2 Å². The van der Waals surface area contributed by atoms with Crippen molar-refractivity contribution < 1.29 is 0 Å². The van der Waals surface area contributed by atoms with Crippen molar-refractivity contribution >= 4 is 17.2 Å². The van der Waals surface area contributed by atoms with Crippen LogP contribution >= 0.6 is 11.3 Å². The number of aryl methyl sites for hydroxylation is 3. The molecule has 0 fully saturated rings. The molecule has 74 valence electrons. The van der Waals surface area contributed by atoms with Crippen LogP contribution in [-0.2, 0) is 13.0 Å². The first-order valence-electron chi connectivity index (χ1n) is 4.43. The second-order valence-electron chi connectivity index (χ2n) is 3.10. The molecule has 0 atom stereocenters. The summed E-state index contributed by atoms with van der Waals surface area (Å²) in [6.07, 6.45) is 6.45. The van der Waals surface area contributed by atoms with E-state index in [9.17, 15) is 0 Å². The standard InChI is InChI=1S/C9H12N4S/c1-7-9(10)12-8(14-7)2-4-13-5-3-11-6-13/h3,5-6H,2,4,10H2,1H3. The number of nitrogen functional groups attached to an aromatic ring is 1. The number of hydrogen-bond acceptors (Lipinski definition) is 4. The fourth-order valence-corrected chi connectivity index (χ4v) is 2.06. The average Bonchev–Trinajstić information content (AvgIpc) is 2.74. The van der Waals surface area contributed by atoms with E-state index in [1.807, 2.05) is 24.0 Å². The first-order valence-corrected chi connectivity index (χ1v) is 5.25. The molecule has 0 saturated heterocycles. The van der Waals surface area contributed by atoms with Crippen LogP contribution in [0.1, 0.15) is 9.88 Å². The Hall–Kier alpha value is -1.36. The molecule has 0 aliphatic rings. The minimum absolute atomic E-state index is 0.663. The van der Waals surface area contributed by atoms with Crippen molar-refractivity contribution in [1.29, 1.82) is 0 Å². The van der Waals surface area contributed by atoms with E-state index in [1.165, 1.54) is 0 Å². The summed E-state index contributed by atoms with van der Waals surface area (Å²) in [4.78, 5) is 9.35. The predicted octanol–water partition coefficient (Wildman–Crippen LogP) is 1.47. The summed E-state index contributed by atoms with van der Waals surface area (Å²) in [6, 6.07) is 0. The van der Waals surface area contributed by atoms with E-state index in [2.05, 4.69) is 9.97 Å². The zero-order valence-electron chi connectivity index (χ0n) is 7.97. The van der Waals surface area contributed by atoms with Crippen LogP contribution in [0.3, 0.4) is 0 Å². The van der Waals surface area contributed by atoms with Gasteiger partial charge in [-0.1, -0.05) is 0 Å². The van der Waals surface area contributed by atoms with Gasteiger partial charge in [0.15, 0.2) is 0 Å². The summed E-state index contributed by atoms with van der Waals surface area (Å²) in [5.41, 5.74) is 5.67. The number of imidazole rings is 1. The molecule has 0 saturated carbocycles. The highest BCUT2D eigenvalue weighted by Gasteiger charge is 2.03. The summed E-state index contributed by atoms with van der Waals surface area (Å²) >= 11 is 1.67. The molecule has 0 bridgehead atoms. The van der Waals surface area contributed by atoms with Crippen molar-refractivity contribution in [3.8, 4) is 0 Å². The molecule has 0 radical (unpaired) electrons. The Morgan fingerprint density at radius 3 is 3.00 bits per heavy atom. The summed E-state index contributed by atoms with van der Waals surface area (Å²) < 4.78 is 2.03. The Morgan fingerprint density at radius 2 is 2.43 bits per heavy atom. The monoisotopic (exact) mass is 208 g/mol. The van der Waals surface area contributed by atoms with Crippen LogP contribution in [0.4, 0.5) is 5.82 Å². The van der Waals surface area contributed by atoms with Crippen LogP contribution in [0, 0.1) is 6.92 Å². The normalized spacial score (nSPS) is 10.6. The van der Waals surface area contributed by atoms with E-state index in [-0.39, 0.29) is 0 Å². The maximum atomic E-state index is 5.67. The van der Waals surface area contributed by atoms with E-state index in [1.54, 1.807) is 17.5 Å². The van der Waals surface area contributed by atoms with Crippen molar-refractivity contribution in [2.45, 2.75) is 19.9 Å². The van der Waals surface area contributed by atoms with Crippen molar-refractivity contribution in [3.63, 3.8) is 0 Å². The topological polar surface area (TPSA) is 56.7 Å². The lowest BCUT2D eigenvalue weighted by Crippen LogP contribution is -1.98. The molecule has 5 heteroatoms. The quantitative estimate of drug-likeness (QED) is 0.831. The molecule has 0 aliphatic carbocycles. The minimum Gasteiger partial charge on any atom is -0.383 e. The molecule has 2 aromatic rings. The fraction of sp³-hybridized carbons (Fsp3) is 0.333. The number of nitrogens with zero attached hydrogens (tertiary/aromatic N) is 3. The van der Waals surface area contributed by atoms with Gasteiger partial charge in [0.25, 0.3) is 0 Å². The molecule has 0 spiro atoms. The van der Waals surface area contributed by atoms with Crippen molar-refractivity contribution in [3.05, 3.63) is 28.6 Å². The number of rotatable bonds is 3. The molecule has 2 N–H and O–H groups in total. The molecule has 0 aliphatic heterocycles. The highest BCUT2D eigenvalue weighted by molar-refractivity contribution is 7.12. The number of aromatic nitrogens is 3. The molecule has 4 nitrogen and oxygen atoms in total. The van der Waals surface area contributed by atoms with Crippen molar-refractivity contribution in [2.75, 3.05) is 5.73 Å². The van der Waals surface area contributed by atoms with Crippen LogP contribution in [0.2, 0.25) is 0 Å². The number of nitrogens with two attached hydrogens (primary N) is 1. The number of anilines is 1. The molecular formula is C9H12N4S. The van der Waals surface area contributed by atoms with E-state index in [4.69, 9.17) is 5.73 Å². The summed E-state index contributed by atoms with van der Waals surface area (Å²) in [5, 5.41) is 1.09. The number of thiazole rings is 1. The second-order valence-corrected chi connectivity index (χ2v) is 4.39. The van der Waals surface area contributed by atoms with Gasteiger partial charge >= 0.3 is 0 Å². The first-order chi connectivity index (χ1) is 6.75. The van der Waals surface area contributed by atoms with Crippen molar-refractivity contribution in [2.24, 2.45) is 0 Å². The Morgan fingerprint density at radius 1 is 1.57 bits per heavy atom. The third kappa shape index (κ3) is 1.93. The molecule has 2 aromatic heterocycles. The third-order valence-electron chi connectivity index (χ3n) is 2.02. The Bertz CT molecular complexity index is 385. The SMILES string of the molecule is Cc1sc(CCn2ccnc2)nc1N. The Labute approximate surface area is 86.4 Å². The molecular weight excluding hydrogens is 196 g/mol. The van der Waals surface area contributed by atoms with E-state index < -0.39 is 0 Å². The van der Waals surface area contributed by atoms with Crippen LogP contribution in [0.25, 0.3) is 0 Å². The molecule has 0 amide bonds. The van der Waals surface area contributed by atoms with Crippen LogP contribution in [0.5, 0.6) is 0 Å². The maximum absolute atomic E-state index is 5.67. The highest BCUT2D eigenvalue weighted by Crippen LogP contribution is 2.19. The zero-order valence-corrected chi connectivity index (χ0v) is 8.79. The van der Waals surface area contributed by atoms with Crippen LogP contribution in [0.15, 0.2) is 18.7 Å². The van der Waals surface area contributed by atoms with Crippen LogP contribution < -0.4 is 5.73 Å². The van der Waals surface area contributed by atoms with Gasteiger partial charge < -0.3 is 10.3 Å². The van der Waals surface area contributed by atoms with Gasteiger partial charge in [0.05, 0.1) is 11.3 Å². The zero-order chi connectivity index (χ0) is 9.97. The highest BCUT2D eigenvalue weighted by atomic mass is 32.1. The van der Waals surface area contributed by atoms with Gasteiger partial charge in [-0.3, -0.25) is 0 Å². The molecule has 2 heterocycles. The van der Waals surface area contributed by atoms with Gasteiger partial charge in [-0.05, 0) is 6.92 Å². The second kappa shape index (κ2) is 3.79. The van der Waals surface area contributed by atoms with Crippen molar-refractivity contribution in [1.82, 2.24) is 14.5 Å². The fourth-order valence-electron chi connectivity index (χ4n) is 1.22. The van der Waals surface area contributed by atoms with Gasteiger partial charge in [0.2, 0.25) is 0 Å². The number of hydrogen-bond donors (Lipinski definition) is 1. The minimum atomic E-state index is 0.663. The van der Waals surface area contributed by atoms with Gasteiger partial charge in [0.1, 0.15) is 5.82 Å². The van der Waals surface area contributed by atoms with E-state index >= 15 is 0 Å². The third-order valence-corrected chi connectivity index (χ3v) is 3.07. The van der Waals surface area contributed by atoms with Gasteiger partial charge in [-0.15, -0.1) is 11.3 Å². The lowest BCUT2D eigenvalue weighted by molar-refractivity contribution is 0.693. The maximum Gasteiger partial charge on any atom is 0.137 e. The Kier molecular flexibility index (Phi) is 2.49. The predicted molar refractivity (Wildman–Crippen MR) is 57.2 cm³/mol. The summed E-state index contributed by atoms with van der Waals surface area (Å²) in [7, 11) is 0. The first kappa shape index (κ1) is 9.21. The molecule has 14 heavy (non-hydrogen) atoms. The summed E-state index contributed by atoms with van der Waals surface area (Å²) in [6.45, 7) is 2.90. The summed E-state index contributed by atoms with van der Waals surface area (Å²) in [5.74, 6) is 0.663. The van der Waals surface area contributed by atoms with Gasteiger partial charge in [-0.25, -0.2) is 9.97 Å². The largest absolute Gasteiger partial charge is 0.383 e. The van der Waals surface area contributed by atoms with Crippen LogP contribution in [-0.4, -0.2) is 14.5 Å².